The Labute approximate surface area is 121 Å². The lowest BCUT2D eigenvalue weighted by molar-refractivity contribution is 0.564. The fourth-order valence-corrected chi connectivity index (χ4v) is 2.43. The van der Waals surface area contributed by atoms with Crippen LogP contribution in [0.5, 0.6) is 0 Å². The average Bonchev–Trinajstić information content (AvgIpc) is 2.36. The zero-order valence-electron chi connectivity index (χ0n) is 10.3. The van der Waals surface area contributed by atoms with E-state index >= 15 is 0 Å². The van der Waals surface area contributed by atoms with Crippen LogP contribution in [0.15, 0.2) is 36.4 Å². The highest BCUT2D eigenvalue weighted by Crippen LogP contribution is 2.31. The second-order valence-corrected chi connectivity index (χ2v) is 5.32. The van der Waals surface area contributed by atoms with E-state index < -0.39 is 17.0 Å². The number of halogens is 4. The Morgan fingerprint density at radius 2 is 1.79 bits per heavy atom. The van der Waals surface area contributed by atoms with Gasteiger partial charge in [0.05, 0.1) is 5.38 Å². The molecule has 1 atom stereocenters. The van der Waals surface area contributed by atoms with E-state index in [4.69, 9.17) is 23.2 Å². The van der Waals surface area contributed by atoms with Gasteiger partial charge in [-0.3, -0.25) is 0 Å². The lowest BCUT2D eigenvalue weighted by Gasteiger charge is -2.13. The molecule has 0 aromatic heterocycles. The zero-order chi connectivity index (χ0) is 14.0. The van der Waals surface area contributed by atoms with Gasteiger partial charge in [-0.2, -0.15) is 0 Å². The Balaban J connectivity index is 2.28. The Bertz CT molecular complexity index is 597. The molecule has 0 aliphatic heterocycles. The highest BCUT2D eigenvalue weighted by Gasteiger charge is 2.17. The van der Waals surface area contributed by atoms with Gasteiger partial charge in [-0.1, -0.05) is 29.8 Å². The van der Waals surface area contributed by atoms with Crippen molar-refractivity contribution < 1.29 is 8.78 Å². The first-order valence-corrected chi connectivity index (χ1v) is 6.63. The van der Waals surface area contributed by atoms with E-state index in [-0.39, 0.29) is 0 Å². The SMILES string of the molecule is Cc1cc(C(Cl)Cc2ccccc2Cl)c(F)cc1F. The summed E-state index contributed by atoms with van der Waals surface area (Å²) in [6.45, 7) is 1.58. The summed E-state index contributed by atoms with van der Waals surface area (Å²) in [6, 6.07) is 9.57. The molecule has 0 nitrogen and oxygen atoms in total. The van der Waals surface area contributed by atoms with Crippen LogP contribution in [-0.4, -0.2) is 0 Å². The second kappa shape index (κ2) is 5.89. The summed E-state index contributed by atoms with van der Waals surface area (Å²) in [6.07, 6.45) is 0.392. The standard InChI is InChI=1S/C15H12Cl2F2/c1-9-6-11(15(19)8-14(9)18)13(17)7-10-4-2-3-5-12(10)16/h2-6,8,13H,7H2,1H3. The Kier molecular flexibility index (Phi) is 4.43. The number of aryl methyl sites for hydroxylation is 1. The predicted molar refractivity (Wildman–Crippen MR) is 74.8 cm³/mol. The Hall–Kier alpha value is -1.12. The lowest BCUT2D eigenvalue weighted by atomic mass is 10.0. The monoisotopic (exact) mass is 300 g/mol. The van der Waals surface area contributed by atoms with Crippen molar-refractivity contribution in [1.29, 1.82) is 0 Å². The molecule has 0 amide bonds. The molecular weight excluding hydrogens is 289 g/mol. The molecule has 0 heterocycles. The third-order valence-electron chi connectivity index (χ3n) is 2.97. The maximum Gasteiger partial charge on any atom is 0.130 e. The molecule has 0 bridgehead atoms. The first kappa shape index (κ1) is 14.3. The van der Waals surface area contributed by atoms with E-state index in [1.165, 1.54) is 6.07 Å². The first-order chi connectivity index (χ1) is 8.99. The van der Waals surface area contributed by atoms with Crippen LogP contribution >= 0.6 is 23.2 Å². The van der Waals surface area contributed by atoms with E-state index in [1.54, 1.807) is 13.0 Å². The molecule has 0 saturated heterocycles. The van der Waals surface area contributed by atoms with E-state index in [1.807, 2.05) is 18.2 Å². The molecule has 1 unspecified atom stereocenters. The lowest BCUT2D eigenvalue weighted by Crippen LogP contribution is -2.01. The summed E-state index contributed by atoms with van der Waals surface area (Å²) in [5.41, 5.74) is 1.51. The first-order valence-electron chi connectivity index (χ1n) is 5.82. The minimum Gasteiger partial charge on any atom is -0.207 e. The normalized spacial score (nSPS) is 12.5. The van der Waals surface area contributed by atoms with Gasteiger partial charge in [-0.05, 0) is 36.6 Å². The number of hydrogen-bond donors (Lipinski definition) is 0. The van der Waals surface area contributed by atoms with Gasteiger partial charge in [0.15, 0.2) is 0 Å². The van der Waals surface area contributed by atoms with Crippen molar-refractivity contribution in [3.05, 3.63) is 69.7 Å². The van der Waals surface area contributed by atoms with Crippen molar-refractivity contribution >= 4 is 23.2 Å². The molecule has 4 heteroatoms. The van der Waals surface area contributed by atoms with Crippen molar-refractivity contribution in [2.75, 3.05) is 0 Å². The van der Waals surface area contributed by atoms with Crippen molar-refractivity contribution in [3.63, 3.8) is 0 Å². The summed E-state index contributed by atoms with van der Waals surface area (Å²) in [5, 5.41) is 0.00610. The predicted octanol–water partition coefficient (Wildman–Crippen LogP) is 5.45. The van der Waals surface area contributed by atoms with Crippen LogP contribution in [0, 0.1) is 18.6 Å². The minimum absolute atomic E-state index is 0.292. The fraction of sp³-hybridized carbons (Fsp3) is 0.200. The number of hydrogen-bond acceptors (Lipinski definition) is 0. The van der Waals surface area contributed by atoms with Crippen molar-refractivity contribution in [3.8, 4) is 0 Å². The summed E-state index contributed by atoms with van der Waals surface area (Å²) in [5.74, 6) is -1.20. The van der Waals surface area contributed by atoms with Crippen molar-refractivity contribution in [2.45, 2.75) is 18.7 Å². The van der Waals surface area contributed by atoms with Gasteiger partial charge < -0.3 is 0 Å². The van der Waals surface area contributed by atoms with E-state index in [0.717, 1.165) is 11.6 Å². The molecule has 0 aliphatic rings. The molecule has 2 aromatic carbocycles. The molecule has 0 N–H and O–H groups in total. The molecule has 0 spiro atoms. The summed E-state index contributed by atoms with van der Waals surface area (Å²) < 4.78 is 26.9. The van der Waals surface area contributed by atoms with Crippen LogP contribution in [0.4, 0.5) is 8.78 Å². The maximum absolute atomic E-state index is 13.7. The molecule has 0 fully saturated rings. The fourth-order valence-electron chi connectivity index (χ4n) is 1.89. The van der Waals surface area contributed by atoms with Gasteiger partial charge >= 0.3 is 0 Å². The molecule has 0 saturated carbocycles. The summed E-state index contributed by atoms with van der Waals surface area (Å²) >= 11 is 12.3. The molecule has 0 aliphatic carbocycles. The smallest absolute Gasteiger partial charge is 0.130 e. The Morgan fingerprint density at radius 3 is 2.47 bits per heavy atom. The molecule has 19 heavy (non-hydrogen) atoms. The van der Waals surface area contributed by atoms with Gasteiger partial charge in [-0.25, -0.2) is 8.78 Å². The van der Waals surface area contributed by atoms with Gasteiger partial charge in [0.1, 0.15) is 11.6 Å². The second-order valence-electron chi connectivity index (χ2n) is 4.39. The highest BCUT2D eigenvalue weighted by molar-refractivity contribution is 6.31. The van der Waals surface area contributed by atoms with Crippen LogP contribution in [-0.2, 0) is 6.42 Å². The largest absolute Gasteiger partial charge is 0.207 e. The zero-order valence-corrected chi connectivity index (χ0v) is 11.8. The molecule has 2 rings (SSSR count). The summed E-state index contributed by atoms with van der Waals surface area (Å²) in [4.78, 5) is 0. The number of rotatable bonds is 3. The van der Waals surface area contributed by atoms with E-state index in [9.17, 15) is 8.78 Å². The van der Waals surface area contributed by atoms with Crippen LogP contribution in [0.25, 0.3) is 0 Å². The summed E-state index contributed by atoms with van der Waals surface area (Å²) in [7, 11) is 0. The average molecular weight is 301 g/mol. The third-order valence-corrected chi connectivity index (χ3v) is 3.73. The molecule has 2 aromatic rings. The van der Waals surface area contributed by atoms with E-state index in [0.29, 0.717) is 22.6 Å². The van der Waals surface area contributed by atoms with Crippen molar-refractivity contribution in [1.82, 2.24) is 0 Å². The Morgan fingerprint density at radius 1 is 1.11 bits per heavy atom. The third kappa shape index (κ3) is 3.26. The molecule has 100 valence electrons. The molecule has 0 radical (unpaired) electrons. The van der Waals surface area contributed by atoms with Gasteiger partial charge in [0.2, 0.25) is 0 Å². The maximum atomic E-state index is 13.7. The molecular formula is C15H12Cl2F2. The number of benzene rings is 2. The van der Waals surface area contributed by atoms with Crippen LogP contribution in [0.1, 0.15) is 22.1 Å². The van der Waals surface area contributed by atoms with Crippen LogP contribution in [0.3, 0.4) is 0 Å². The van der Waals surface area contributed by atoms with Gasteiger partial charge in [0, 0.05) is 16.7 Å². The topological polar surface area (TPSA) is 0 Å². The van der Waals surface area contributed by atoms with Crippen LogP contribution in [0.2, 0.25) is 5.02 Å². The van der Waals surface area contributed by atoms with Gasteiger partial charge in [0.25, 0.3) is 0 Å². The number of alkyl halides is 1. The van der Waals surface area contributed by atoms with Crippen LogP contribution < -0.4 is 0 Å². The van der Waals surface area contributed by atoms with E-state index in [2.05, 4.69) is 0 Å². The highest BCUT2D eigenvalue weighted by atomic mass is 35.5. The van der Waals surface area contributed by atoms with Crippen molar-refractivity contribution in [2.24, 2.45) is 0 Å². The van der Waals surface area contributed by atoms with Gasteiger partial charge in [-0.15, -0.1) is 11.6 Å². The minimum atomic E-state index is -0.629. The quantitative estimate of drug-likeness (QED) is 0.661.